The number of rotatable bonds is 11. The third-order valence-electron chi connectivity index (χ3n) is 5.73. The van der Waals surface area contributed by atoms with Crippen LogP contribution in [0.4, 0.5) is 34.5 Å². The SMILES string of the molecule is CC(=O)N(Cc1cnc(Nc2cnn(C)c2)nc1Nc1cccc(NC(=O)/C=C/CN(C)C)c1)c1ccccc1. The van der Waals surface area contributed by atoms with Crippen molar-refractivity contribution in [2.24, 2.45) is 7.05 Å². The summed E-state index contributed by atoms with van der Waals surface area (Å²) in [7, 11) is 5.70. The van der Waals surface area contributed by atoms with Gasteiger partial charge in [-0.25, -0.2) is 4.98 Å². The van der Waals surface area contributed by atoms with Crippen LogP contribution in [0.3, 0.4) is 0 Å². The topological polar surface area (TPSA) is 120 Å². The van der Waals surface area contributed by atoms with Gasteiger partial charge in [-0.3, -0.25) is 14.3 Å². The fraction of sp³-hybridized carbons (Fsp3) is 0.207. The third kappa shape index (κ3) is 7.98. The number of amides is 2. The minimum absolute atomic E-state index is 0.109. The van der Waals surface area contributed by atoms with Crippen molar-refractivity contribution in [1.29, 1.82) is 0 Å². The molecule has 0 atom stereocenters. The van der Waals surface area contributed by atoms with E-state index in [0.29, 0.717) is 35.2 Å². The highest BCUT2D eigenvalue weighted by atomic mass is 16.2. The molecule has 0 fully saturated rings. The summed E-state index contributed by atoms with van der Waals surface area (Å²) in [5, 5.41) is 13.6. The molecule has 2 aromatic heterocycles. The average Bonchev–Trinajstić information content (AvgIpc) is 3.32. The lowest BCUT2D eigenvalue weighted by Crippen LogP contribution is -2.28. The van der Waals surface area contributed by atoms with Crippen LogP contribution in [0.2, 0.25) is 0 Å². The van der Waals surface area contributed by atoms with E-state index in [1.54, 1.807) is 28.1 Å². The minimum Gasteiger partial charge on any atom is -0.340 e. The number of aryl methyl sites for hydroxylation is 1. The van der Waals surface area contributed by atoms with Crippen molar-refractivity contribution in [2.45, 2.75) is 13.5 Å². The average molecular weight is 540 g/mol. The summed E-state index contributed by atoms with van der Waals surface area (Å²) in [4.78, 5) is 37.8. The lowest BCUT2D eigenvalue weighted by Gasteiger charge is -2.23. The van der Waals surface area contributed by atoms with Crippen LogP contribution in [-0.4, -0.2) is 57.1 Å². The van der Waals surface area contributed by atoms with Crippen LogP contribution < -0.4 is 20.9 Å². The van der Waals surface area contributed by atoms with Crippen LogP contribution in [0.15, 0.2) is 85.3 Å². The first-order chi connectivity index (χ1) is 19.3. The number of aromatic nitrogens is 4. The maximum absolute atomic E-state index is 12.6. The van der Waals surface area contributed by atoms with E-state index in [2.05, 4.69) is 26.0 Å². The molecule has 11 heteroatoms. The van der Waals surface area contributed by atoms with Crippen LogP contribution in [0, 0.1) is 0 Å². The van der Waals surface area contributed by atoms with Gasteiger partial charge in [-0.15, -0.1) is 0 Å². The lowest BCUT2D eigenvalue weighted by atomic mass is 10.2. The zero-order chi connectivity index (χ0) is 28.5. The van der Waals surface area contributed by atoms with Crippen molar-refractivity contribution in [3.8, 4) is 0 Å². The molecule has 3 N–H and O–H groups in total. The Balaban J connectivity index is 1.61. The van der Waals surface area contributed by atoms with E-state index in [4.69, 9.17) is 4.98 Å². The Morgan fingerprint density at radius 1 is 0.975 bits per heavy atom. The summed E-state index contributed by atoms with van der Waals surface area (Å²) in [5.74, 6) is 0.549. The number of likely N-dealkylation sites (N-methyl/N-ethyl adjacent to an activating group) is 1. The second-order valence-electron chi connectivity index (χ2n) is 9.40. The number of carbonyl (C=O) groups is 2. The third-order valence-corrected chi connectivity index (χ3v) is 5.73. The Morgan fingerprint density at radius 2 is 1.75 bits per heavy atom. The fourth-order valence-electron chi connectivity index (χ4n) is 3.83. The van der Waals surface area contributed by atoms with Gasteiger partial charge in [0.25, 0.3) is 0 Å². The van der Waals surface area contributed by atoms with Crippen LogP contribution in [0.1, 0.15) is 12.5 Å². The summed E-state index contributed by atoms with van der Waals surface area (Å²) in [6, 6.07) is 16.8. The van der Waals surface area contributed by atoms with Gasteiger partial charge in [-0.1, -0.05) is 30.3 Å². The van der Waals surface area contributed by atoms with Crippen LogP contribution >= 0.6 is 0 Å². The van der Waals surface area contributed by atoms with Crippen LogP contribution in [0.5, 0.6) is 0 Å². The number of benzene rings is 2. The molecule has 4 rings (SSSR count). The molecule has 0 aliphatic rings. The van der Waals surface area contributed by atoms with E-state index < -0.39 is 0 Å². The maximum atomic E-state index is 12.6. The van der Waals surface area contributed by atoms with Gasteiger partial charge >= 0.3 is 0 Å². The smallest absolute Gasteiger partial charge is 0.248 e. The number of hydrogen-bond donors (Lipinski definition) is 3. The summed E-state index contributed by atoms with van der Waals surface area (Å²) in [6.07, 6.45) is 8.49. The molecule has 0 radical (unpaired) electrons. The molecule has 0 spiro atoms. The molecular formula is C29H33N9O2. The quantitative estimate of drug-likeness (QED) is 0.241. The minimum atomic E-state index is -0.218. The van der Waals surface area contributed by atoms with Crippen molar-refractivity contribution in [1.82, 2.24) is 24.6 Å². The maximum Gasteiger partial charge on any atom is 0.248 e. The molecule has 0 aliphatic heterocycles. The van der Waals surface area contributed by atoms with Gasteiger partial charge in [0.1, 0.15) is 5.82 Å². The first-order valence-corrected chi connectivity index (χ1v) is 12.7. The molecule has 0 unspecified atom stereocenters. The van der Waals surface area contributed by atoms with Gasteiger partial charge in [0.05, 0.1) is 18.4 Å². The molecule has 4 aromatic rings. The summed E-state index contributed by atoms with van der Waals surface area (Å²) >= 11 is 0. The molecule has 206 valence electrons. The van der Waals surface area contributed by atoms with Crippen LogP contribution in [0.25, 0.3) is 0 Å². The van der Waals surface area contributed by atoms with E-state index in [0.717, 1.165) is 11.4 Å². The number of hydrogen-bond acceptors (Lipinski definition) is 8. The van der Waals surface area contributed by atoms with Crippen molar-refractivity contribution in [3.05, 3.63) is 90.9 Å². The number of nitrogens with one attached hydrogen (secondary N) is 3. The Morgan fingerprint density at radius 3 is 2.45 bits per heavy atom. The Hall–Kier alpha value is -5.03. The van der Waals surface area contributed by atoms with E-state index in [-0.39, 0.29) is 18.4 Å². The normalized spacial score (nSPS) is 11.0. The predicted octanol–water partition coefficient (Wildman–Crippen LogP) is 4.31. The Kier molecular flexibility index (Phi) is 9.21. The number of anilines is 6. The van der Waals surface area contributed by atoms with Gasteiger partial charge in [0.15, 0.2) is 0 Å². The molecule has 2 amide bonds. The molecule has 0 saturated heterocycles. The number of para-hydroxylation sites is 1. The van der Waals surface area contributed by atoms with Crippen molar-refractivity contribution in [2.75, 3.05) is 41.5 Å². The first kappa shape index (κ1) is 28.0. The molecule has 11 nitrogen and oxygen atoms in total. The number of carbonyl (C=O) groups excluding carboxylic acids is 2. The fourth-order valence-corrected chi connectivity index (χ4v) is 3.83. The molecule has 0 bridgehead atoms. The monoisotopic (exact) mass is 539 g/mol. The molecule has 40 heavy (non-hydrogen) atoms. The van der Waals surface area contributed by atoms with E-state index >= 15 is 0 Å². The summed E-state index contributed by atoms with van der Waals surface area (Å²) in [5.41, 5.74) is 3.55. The molecule has 0 saturated carbocycles. The van der Waals surface area contributed by atoms with E-state index in [9.17, 15) is 9.59 Å². The molecular weight excluding hydrogens is 506 g/mol. The standard InChI is InChI=1S/C29H33N9O2/c1-21(39)38(26-12-6-5-7-13-26)19-22-17-30-29(34-25-18-31-37(4)20-25)35-28(22)33-24-11-8-10-23(16-24)32-27(40)14-9-15-36(2)3/h5-14,16-18,20H,15,19H2,1-4H3,(H,32,40)(H2,30,33,34,35)/b14-9+. The second kappa shape index (κ2) is 13.2. The zero-order valence-electron chi connectivity index (χ0n) is 23.0. The van der Waals surface area contributed by atoms with Gasteiger partial charge in [0.2, 0.25) is 17.8 Å². The van der Waals surface area contributed by atoms with Crippen molar-refractivity contribution in [3.63, 3.8) is 0 Å². The second-order valence-corrected chi connectivity index (χ2v) is 9.40. The lowest BCUT2D eigenvalue weighted by molar-refractivity contribution is -0.116. The van der Waals surface area contributed by atoms with Crippen LogP contribution in [-0.2, 0) is 23.2 Å². The van der Waals surface area contributed by atoms with E-state index in [1.807, 2.05) is 86.8 Å². The predicted molar refractivity (Wildman–Crippen MR) is 158 cm³/mol. The Labute approximate surface area is 233 Å². The highest BCUT2D eigenvalue weighted by Gasteiger charge is 2.17. The molecule has 0 aliphatic carbocycles. The molecule has 2 aromatic carbocycles. The highest BCUT2D eigenvalue weighted by molar-refractivity contribution is 5.99. The largest absolute Gasteiger partial charge is 0.340 e. The van der Waals surface area contributed by atoms with Gasteiger partial charge < -0.3 is 25.8 Å². The number of nitrogens with zero attached hydrogens (tertiary/aromatic N) is 6. The van der Waals surface area contributed by atoms with Crippen molar-refractivity contribution >= 4 is 46.3 Å². The molecule has 2 heterocycles. The Bertz CT molecular complexity index is 1480. The summed E-state index contributed by atoms with van der Waals surface area (Å²) < 4.78 is 1.68. The van der Waals surface area contributed by atoms with Crippen molar-refractivity contribution < 1.29 is 9.59 Å². The first-order valence-electron chi connectivity index (χ1n) is 12.7. The van der Waals surface area contributed by atoms with Gasteiger partial charge in [-0.05, 0) is 44.4 Å². The highest BCUT2D eigenvalue weighted by Crippen LogP contribution is 2.26. The van der Waals surface area contributed by atoms with E-state index in [1.165, 1.54) is 13.0 Å². The van der Waals surface area contributed by atoms with Gasteiger partial charge in [0, 0.05) is 61.6 Å². The zero-order valence-corrected chi connectivity index (χ0v) is 23.0. The summed E-state index contributed by atoms with van der Waals surface area (Å²) in [6.45, 7) is 2.45. The van der Waals surface area contributed by atoms with Gasteiger partial charge in [-0.2, -0.15) is 10.1 Å².